The molecule has 6 nitrogen and oxygen atoms in total. The van der Waals surface area contributed by atoms with E-state index in [4.69, 9.17) is 0 Å². The van der Waals surface area contributed by atoms with Crippen molar-refractivity contribution in [1.29, 1.82) is 0 Å². The summed E-state index contributed by atoms with van der Waals surface area (Å²) in [6, 6.07) is 10.3. The van der Waals surface area contributed by atoms with Crippen LogP contribution in [0.3, 0.4) is 0 Å². The summed E-state index contributed by atoms with van der Waals surface area (Å²) in [5.41, 5.74) is 1.38. The van der Waals surface area contributed by atoms with Gasteiger partial charge in [0.15, 0.2) is 0 Å². The lowest BCUT2D eigenvalue weighted by Crippen LogP contribution is -2.48. The van der Waals surface area contributed by atoms with E-state index >= 15 is 0 Å². The molecule has 1 aliphatic heterocycles. The van der Waals surface area contributed by atoms with Gasteiger partial charge in [-0.25, -0.2) is 4.39 Å². The van der Waals surface area contributed by atoms with Crippen molar-refractivity contribution >= 4 is 11.6 Å². The molecule has 1 N–H and O–H groups in total. The van der Waals surface area contributed by atoms with Crippen LogP contribution in [0.2, 0.25) is 0 Å². The highest BCUT2D eigenvalue weighted by atomic mass is 19.1. The maximum absolute atomic E-state index is 13.6. The van der Waals surface area contributed by atoms with Crippen LogP contribution in [-0.4, -0.2) is 35.4 Å². The molecule has 1 heterocycles. The number of nitrogens with one attached hydrogen (secondary N) is 1. The molecule has 1 unspecified atom stereocenters. The molecule has 1 amide bonds. The molecule has 0 aliphatic carbocycles. The van der Waals surface area contributed by atoms with Crippen LogP contribution in [0.5, 0.6) is 0 Å². The van der Waals surface area contributed by atoms with Crippen LogP contribution in [0.25, 0.3) is 0 Å². The molecule has 0 spiro atoms. The van der Waals surface area contributed by atoms with Crippen LogP contribution in [0, 0.1) is 22.9 Å². The maximum atomic E-state index is 13.6. The predicted octanol–water partition coefficient (Wildman–Crippen LogP) is 2.83. The second-order valence-electron chi connectivity index (χ2n) is 6.03. The zero-order valence-corrected chi connectivity index (χ0v) is 13.7. The number of piperazine rings is 1. The van der Waals surface area contributed by atoms with Crippen LogP contribution >= 0.6 is 0 Å². The molecule has 2 aromatic carbocycles. The summed E-state index contributed by atoms with van der Waals surface area (Å²) in [4.78, 5) is 25.2. The number of hydrogen-bond acceptors (Lipinski definition) is 4. The van der Waals surface area contributed by atoms with Gasteiger partial charge in [-0.15, -0.1) is 0 Å². The average Bonchev–Trinajstić information content (AvgIpc) is 2.61. The van der Waals surface area contributed by atoms with Crippen LogP contribution in [0.1, 0.15) is 27.5 Å². The fourth-order valence-electron chi connectivity index (χ4n) is 3.06. The number of rotatable bonds is 3. The van der Waals surface area contributed by atoms with E-state index in [1.165, 1.54) is 18.2 Å². The Morgan fingerprint density at radius 2 is 2.12 bits per heavy atom. The number of nitrogens with zero attached hydrogens (tertiary/aromatic N) is 2. The number of carbonyl (C=O) groups is 1. The summed E-state index contributed by atoms with van der Waals surface area (Å²) in [5.74, 6) is -0.652. The van der Waals surface area contributed by atoms with E-state index < -0.39 is 4.92 Å². The van der Waals surface area contributed by atoms with E-state index in [0.717, 1.165) is 0 Å². The molecule has 130 valence electrons. The number of nitro groups is 1. The van der Waals surface area contributed by atoms with Gasteiger partial charge in [-0.2, -0.15) is 0 Å². The smallest absolute Gasteiger partial charge is 0.273 e. The fraction of sp³-hybridized carbons (Fsp3) is 0.278. The van der Waals surface area contributed by atoms with Crippen molar-refractivity contribution in [3.05, 3.63) is 75.1 Å². The van der Waals surface area contributed by atoms with Crippen molar-refractivity contribution in [3.63, 3.8) is 0 Å². The third-order valence-corrected chi connectivity index (χ3v) is 4.39. The molecule has 1 fully saturated rings. The average molecular weight is 343 g/mol. The van der Waals surface area contributed by atoms with E-state index in [-0.39, 0.29) is 29.0 Å². The third kappa shape index (κ3) is 3.51. The Bertz CT molecular complexity index is 825. The molecule has 25 heavy (non-hydrogen) atoms. The van der Waals surface area contributed by atoms with Gasteiger partial charge >= 0.3 is 0 Å². The summed E-state index contributed by atoms with van der Waals surface area (Å²) in [6.45, 7) is 3.20. The van der Waals surface area contributed by atoms with Gasteiger partial charge in [-0.05, 0) is 30.7 Å². The monoisotopic (exact) mass is 343 g/mol. The Morgan fingerprint density at radius 3 is 2.84 bits per heavy atom. The lowest BCUT2D eigenvalue weighted by molar-refractivity contribution is -0.385. The zero-order chi connectivity index (χ0) is 18.0. The lowest BCUT2D eigenvalue weighted by Gasteiger charge is -2.36. The fourth-order valence-corrected chi connectivity index (χ4v) is 3.06. The van der Waals surface area contributed by atoms with Crippen molar-refractivity contribution in [1.82, 2.24) is 10.2 Å². The first-order valence-corrected chi connectivity index (χ1v) is 7.99. The molecule has 1 atom stereocenters. The summed E-state index contributed by atoms with van der Waals surface area (Å²) >= 11 is 0. The second-order valence-corrected chi connectivity index (χ2v) is 6.03. The number of benzene rings is 2. The van der Waals surface area contributed by atoms with E-state index in [2.05, 4.69) is 5.32 Å². The summed E-state index contributed by atoms with van der Waals surface area (Å²) < 4.78 is 13.6. The zero-order valence-electron chi connectivity index (χ0n) is 13.7. The highest BCUT2D eigenvalue weighted by Gasteiger charge is 2.29. The quantitative estimate of drug-likeness (QED) is 0.687. The molecule has 1 aliphatic rings. The van der Waals surface area contributed by atoms with E-state index in [9.17, 15) is 19.3 Å². The van der Waals surface area contributed by atoms with E-state index in [0.29, 0.717) is 30.8 Å². The highest BCUT2D eigenvalue weighted by molar-refractivity contribution is 5.95. The van der Waals surface area contributed by atoms with Gasteiger partial charge < -0.3 is 10.2 Å². The topological polar surface area (TPSA) is 75.5 Å². The van der Waals surface area contributed by atoms with Gasteiger partial charge in [0, 0.05) is 36.8 Å². The van der Waals surface area contributed by atoms with Gasteiger partial charge in [0.05, 0.1) is 11.0 Å². The molecular formula is C18H18FN3O3. The summed E-state index contributed by atoms with van der Waals surface area (Å²) in [5, 5.41) is 14.3. The minimum Gasteiger partial charge on any atom is -0.329 e. The number of hydrogen-bond donors (Lipinski definition) is 1. The Labute approximate surface area is 144 Å². The van der Waals surface area contributed by atoms with Crippen LogP contribution in [0.4, 0.5) is 10.1 Å². The van der Waals surface area contributed by atoms with Crippen molar-refractivity contribution in [2.45, 2.75) is 13.0 Å². The van der Waals surface area contributed by atoms with Crippen molar-refractivity contribution in [2.24, 2.45) is 0 Å². The molecule has 0 saturated carbocycles. The molecule has 0 aromatic heterocycles. The molecule has 0 bridgehead atoms. The number of nitro benzene ring substituents is 1. The number of carbonyl (C=O) groups excluding carboxylic acids is 1. The highest BCUT2D eigenvalue weighted by Crippen LogP contribution is 2.26. The van der Waals surface area contributed by atoms with Crippen LogP contribution in [0.15, 0.2) is 42.5 Å². The minimum atomic E-state index is -0.492. The number of halogens is 1. The maximum Gasteiger partial charge on any atom is 0.273 e. The minimum absolute atomic E-state index is 0.0803. The van der Waals surface area contributed by atoms with Crippen LogP contribution < -0.4 is 5.32 Å². The third-order valence-electron chi connectivity index (χ3n) is 4.39. The molecule has 2 aromatic rings. The number of aryl methyl sites for hydroxylation is 1. The lowest BCUT2D eigenvalue weighted by atomic mass is 10.0. The molecule has 1 saturated heterocycles. The first kappa shape index (κ1) is 17.0. The van der Waals surface area contributed by atoms with Gasteiger partial charge in [0.1, 0.15) is 5.82 Å². The Morgan fingerprint density at radius 1 is 1.32 bits per heavy atom. The van der Waals surface area contributed by atoms with Crippen LogP contribution in [-0.2, 0) is 0 Å². The molecule has 3 rings (SSSR count). The first-order valence-electron chi connectivity index (χ1n) is 7.99. The van der Waals surface area contributed by atoms with Gasteiger partial charge in [-0.3, -0.25) is 14.9 Å². The van der Waals surface area contributed by atoms with Crippen molar-refractivity contribution < 1.29 is 14.1 Å². The SMILES string of the molecule is Cc1ccc(C(=O)N2CCNCC2c2cccc(F)c2)cc1[N+](=O)[O-]. The predicted molar refractivity (Wildman–Crippen MR) is 90.9 cm³/mol. The normalized spacial score (nSPS) is 17.4. The largest absolute Gasteiger partial charge is 0.329 e. The molecule has 0 radical (unpaired) electrons. The van der Waals surface area contributed by atoms with Gasteiger partial charge in [0.25, 0.3) is 11.6 Å². The first-order chi connectivity index (χ1) is 12.0. The Hall–Kier alpha value is -2.80. The Kier molecular flexibility index (Phi) is 4.76. The number of amides is 1. The van der Waals surface area contributed by atoms with E-state index in [1.54, 1.807) is 36.1 Å². The second kappa shape index (κ2) is 6.98. The van der Waals surface area contributed by atoms with Crippen molar-refractivity contribution in [3.8, 4) is 0 Å². The van der Waals surface area contributed by atoms with Gasteiger partial charge in [0.2, 0.25) is 0 Å². The molecular weight excluding hydrogens is 325 g/mol. The Balaban J connectivity index is 1.94. The van der Waals surface area contributed by atoms with Crippen molar-refractivity contribution in [2.75, 3.05) is 19.6 Å². The van der Waals surface area contributed by atoms with E-state index in [1.807, 2.05) is 0 Å². The molecule has 7 heteroatoms. The summed E-state index contributed by atoms with van der Waals surface area (Å²) in [7, 11) is 0. The summed E-state index contributed by atoms with van der Waals surface area (Å²) in [6.07, 6.45) is 0. The van der Waals surface area contributed by atoms with Gasteiger partial charge in [-0.1, -0.05) is 18.2 Å². The standard InChI is InChI=1S/C18H18FN3O3/c1-12-5-6-14(10-16(12)22(24)25)18(23)21-8-7-20-11-17(21)13-3-2-4-15(19)9-13/h2-6,9-10,17,20H,7-8,11H2,1H3.